The molecule has 0 amide bonds. The predicted octanol–water partition coefficient (Wildman–Crippen LogP) is 3.94. The number of hydrogen-bond donors (Lipinski definition) is 0. The van der Waals surface area contributed by atoms with E-state index in [9.17, 15) is 0 Å². The van der Waals surface area contributed by atoms with Crippen molar-refractivity contribution in [3.05, 3.63) is 53.6 Å². The molecule has 1 aliphatic rings. The van der Waals surface area contributed by atoms with Crippen LogP contribution in [0.1, 0.15) is 11.1 Å². The first-order chi connectivity index (χ1) is 12.2. The van der Waals surface area contributed by atoms with Gasteiger partial charge in [0.05, 0.1) is 11.8 Å². The molecule has 0 aliphatic carbocycles. The minimum Gasteiger partial charge on any atom is -0.494 e. The van der Waals surface area contributed by atoms with E-state index in [-0.39, 0.29) is 0 Å². The molecule has 0 bridgehead atoms. The molecule has 0 unspecified atom stereocenters. The molecule has 2 heterocycles. The number of methoxy groups -OCH3 is 1. The summed E-state index contributed by atoms with van der Waals surface area (Å²) in [5, 5.41) is 1.11. The highest BCUT2D eigenvalue weighted by Gasteiger charge is 2.21. The summed E-state index contributed by atoms with van der Waals surface area (Å²) in [6.07, 6.45) is 0. The van der Waals surface area contributed by atoms with Crippen LogP contribution >= 0.6 is 11.3 Å². The molecule has 3 aromatic rings. The van der Waals surface area contributed by atoms with Crippen LogP contribution in [0.3, 0.4) is 0 Å². The van der Waals surface area contributed by atoms with E-state index in [1.54, 1.807) is 18.4 Å². The maximum Gasteiger partial charge on any atom is 0.186 e. The molecule has 1 saturated heterocycles. The minimum absolute atomic E-state index is 0.866. The van der Waals surface area contributed by atoms with Gasteiger partial charge in [0, 0.05) is 32.7 Å². The Bertz CT molecular complexity index is 854. The molecule has 0 N–H and O–H groups in total. The standard InChI is InChI=1S/C20H23N3OS/c1-15-8-9-17(24-2)18-19(15)25-20(21-18)23-12-10-22(11-13-23)14-16-6-4-3-5-7-16/h3-9H,10-14H2,1-2H3. The van der Waals surface area contributed by atoms with E-state index in [1.165, 1.54) is 15.8 Å². The van der Waals surface area contributed by atoms with Gasteiger partial charge < -0.3 is 9.64 Å². The molecule has 2 aromatic carbocycles. The summed E-state index contributed by atoms with van der Waals surface area (Å²) in [4.78, 5) is 9.80. The Kier molecular flexibility index (Phi) is 4.59. The van der Waals surface area contributed by atoms with Crippen LogP contribution in [0, 0.1) is 6.92 Å². The van der Waals surface area contributed by atoms with E-state index >= 15 is 0 Å². The summed E-state index contributed by atoms with van der Waals surface area (Å²) in [7, 11) is 1.71. The fourth-order valence-corrected chi connectivity index (χ4v) is 4.44. The fraction of sp³-hybridized carbons (Fsp3) is 0.350. The van der Waals surface area contributed by atoms with Gasteiger partial charge in [0.25, 0.3) is 0 Å². The largest absolute Gasteiger partial charge is 0.494 e. The second-order valence-corrected chi connectivity index (χ2v) is 7.49. The first kappa shape index (κ1) is 16.4. The number of rotatable bonds is 4. The highest BCUT2D eigenvalue weighted by Crippen LogP contribution is 2.36. The Hall–Kier alpha value is -2.11. The lowest BCUT2D eigenvalue weighted by atomic mass is 10.2. The molecular formula is C20H23N3OS. The fourth-order valence-electron chi connectivity index (χ4n) is 3.34. The molecule has 25 heavy (non-hydrogen) atoms. The van der Waals surface area contributed by atoms with E-state index in [1.807, 2.05) is 6.07 Å². The van der Waals surface area contributed by atoms with Crippen molar-refractivity contribution in [3.63, 3.8) is 0 Å². The lowest BCUT2D eigenvalue weighted by molar-refractivity contribution is 0.250. The number of ether oxygens (including phenoxy) is 1. The van der Waals surface area contributed by atoms with Crippen molar-refractivity contribution < 1.29 is 4.74 Å². The predicted molar refractivity (Wildman–Crippen MR) is 105 cm³/mol. The van der Waals surface area contributed by atoms with Crippen LogP contribution in [0.15, 0.2) is 42.5 Å². The summed E-state index contributed by atoms with van der Waals surface area (Å²) in [6, 6.07) is 14.8. The Labute approximate surface area is 152 Å². The molecule has 4 rings (SSSR count). The molecule has 130 valence electrons. The van der Waals surface area contributed by atoms with E-state index in [0.29, 0.717) is 0 Å². The van der Waals surface area contributed by atoms with Gasteiger partial charge in [0.2, 0.25) is 0 Å². The zero-order valence-electron chi connectivity index (χ0n) is 14.7. The molecule has 0 spiro atoms. The Balaban J connectivity index is 1.47. The van der Waals surface area contributed by atoms with Crippen LogP contribution in [0.2, 0.25) is 0 Å². The molecule has 0 atom stereocenters. The average Bonchev–Trinajstić information content (AvgIpc) is 3.10. The van der Waals surface area contributed by atoms with Crippen LogP contribution < -0.4 is 9.64 Å². The SMILES string of the molecule is COc1ccc(C)c2sc(N3CCN(Cc4ccccc4)CC3)nc12. The molecule has 0 saturated carbocycles. The van der Waals surface area contributed by atoms with Gasteiger partial charge in [-0.05, 0) is 24.1 Å². The molecule has 1 aromatic heterocycles. The first-order valence-corrected chi connectivity index (χ1v) is 9.51. The Morgan fingerprint density at radius 3 is 2.52 bits per heavy atom. The van der Waals surface area contributed by atoms with Crippen LogP contribution in [0.4, 0.5) is 5.13 Å². The Morgan fingerprint density at radius 1 is 1.04 bits per heavy atom. The lowest BCUT2D eigenvalue weighted by Crippen LogP contribution is -2.45. The van der Waals surface area contributed by atoms with Gasteiger partial charge >= 0.3 is 0 Å². The van der Waals surface area contributed by atoms with Crippen molar-refractivity contribution in [2.75, 3.05) is 38.2 Å². The van der Waals surface area contributed by atoms with E-state index < -0.39 is 0 Å². The molecule has 1 fully saturated rings. The highest BCUT2D eigenvalue weighted by atomic mass is 32.1. The van der Waals surface area contributed by atoms with Crippen molar-refractivity contribution in [1.82, 2.24) is 9.88 Å². The van der Waals surface area contributed by atoms with Crippen LogP contribution in [-0.4, -0.2) is 43.2 Å². The van der Waals surface area contributed by atoms with Gasteiger partial charge in [-0.3, -0.25) is 4.90 Å². The van der Waals surface area contributed by atoms with Gasteiger partial charge in [-0.15, -0.1) is 0 Å². The summed E-state index contributed by atoms with van der Waals surface area (Å²) in [5.41, 5.74) is 3.65. The van der Waals surface area contributed by atoms with Gasteiger partial charge in [-0.2, -0.15) is 0 Å². The highest BCUT2D eigenvalue weighted by molar-refractivity contribution is 7.22. The normalized spacial score (nSPS) is 15.7. The van der Waals surface area contributed by atoms with E-state index in [0.717, 1.165) is 49.1 Å². The summed E-state index contributed by atoms with van der Waals surface area (Å²) >= 11 is 1.78. The maximum absolute atomic E-state index is 5.48. The van der Waals surface area contributed by atoms with Crippen LogP contribution in [-0.2, 0) is 6.54 Å². The second kappa shape index (κ2) is 7.02. The molecular weight excluding hydrogens is 330 g/mol. The zero-order chi connectivity index (χ0) is 17.2. The number of fused-ring (bicyclic) bond motifs is 1. The van der Waals surface area contributed by atoms with E-state index in [4.69, 9.17) is 9.72 Å². The van der Waals surface area contributed by atoms with Crippen molar-refractivity contribution >= 4 is 26.7 Å². The number of aromatic nitrogens is 1. The second-order valence-electron chi connectivity index (χ2n) is 6.51. The number of hydrogen-bond acceptors (Lipinski definition) is 5. The number of aryl methyl sites for hydroxylation is 1. The number of benzene rings is 2. The van der Waals surface area contributed by atoms with Crippen molar-refractivity contribution in [2.45, 2.75) is 13.5 Å². The van der Waals surface area contributed by atoms with E-state index in [2.05, 4.69) is 53.1 Å². The van der Waals surface area contributed by atoms with Crippen molar-refractivity contribution in [3.8, 4) is 5.75 Å². The monoisotopic (exact) mass is 353 g/mol. The van der Waals surface area contributed by atoms with Gasteiger partial charge in [-0.25, -0.2) is 4.98 Å². The van der Waals surface area contributed by atoms with Crippen molar-refractivity contribution in [2.24, 2.45) is 0 Å². The van der Waals surface area contributed by atoms with Crippen LogP contribution in [0.25, 0.3) is 10.2 Å². The zero-order valence-corrected chi connectivity index (χ0v) is 15.6. The summed E-state index contributed by atoms with van der Waals surface area (Å²) in [5.74, 6) is 0.866. The third-order valence-electron chi connectivity index (χ3n) is 4.80. The smallest absolute Gasteiger partial charge is 0.186 e. The lowest BCUT2D eigenvalue weighted by Gasteiger charge is -2.34. The molecule has 1 aliphatic heterocycles. The van der Waals surface area contributed by atoms with Gasteiger partial charge in [0.15, 0.2) is 5.13 Å². The number of thiazole rings is 1. The number of piperazine rings is 1. The average molecular weight is 353 g/mol. The van der Waals surface area contributed by atoms with Crippen LogP contribution in [0.5, 0.6) is 5.75 Å². The summed E-state index contributed by atoms with van der Waals surface area (Å²) < 4.78 is 6.72. The number of anilines is 1. The number of nitrogens with zero attached hydrogens (tertiary/aromatic N) is 3. The Morgan fingerprint density at radius 2 is 1.80 bits per heavy atom. The molecule has 4 nitrogen and oxygen atoms in total. The summed E-state index contributed by atoms with van der Waals surface area (Å²) in [6.45, 7) is 7.35. The van der Waals surface area contributed by atoms with Gasteiger partial charge in [0.1, 0.15) is 11.3 Å². The van der Waals surface area contributed by atoms with Crippen molar-refractivity contribution in [1.29, 1.82) is 0 Å². The third-order valence-corrected chi connectivity index (χ3v) is 6.06. The minimum atomic E-state index is 0.866. The quantitative estimate of drug-likeness (QED) is 0.710. The molecule has 0 radical (unpaired) electrons. The first-order valence-electron chi connectivity index (χ1n) is 8.70. The molecule has 5 heteroatoms. The maximum atomic E-state index is 5.48. The van der Waals surface area contributed by atoms with Gasteiger partial charge in [-0.1, -0.05) is 47.7 Å². The third kappa shape index (κ3) is 3.34. The topological polar surface area (TPSA) is 28.6 Å².